The second-order valence-corrected chi connectivity index (χ2v) is 5.43. The van der Waals surface area contributed by atoms with E-state index in [4.69, 9.17) is 5.21 Å². The number of hydrogen-bond donors (Lipinski definition) is 2. The molecule has 0 saturated heterocycles. The molecule has 0 bridgehead atoms. The standard InChI is InChI=1S/C15H21N3O2/c1-11(2)9-16-15(19)10-18-8-7-13(17-20)12-5-3-4-6-14(12)18/h3-6,11,20H,7-10H2,1-2H3,(H,16,19). The lowest BCUT2D eigenvalue weighted by Gasteiger charge is -2.31. The molecule has 1 aliphatic rings. The average Bonchev–Trinajstić information content (AvgIpc) is 2.45. The summed E-state index contributed by atoms with van der Waals surface area (Å²) >= 11 is 0. The molecule has 0 aromatic heterocycles. The third kappa shape index (κ3) is 3.29. The van der Waals surface area contributed by atoms with Gasteiger partial charge in [0.2, 0.25) is 5.91 Å². The molecule has 0 radical (unpaired) electrons. The fourth-order valence-corrected chi connectivity index (χ4v) is 2.30. The minimum atomic E-state index is 0.0258. The Bertz CT molecular complexity index is 512. The molecule has 0 saturated carbocycles. The van der Waals surface area contributed by atoms with Crippen molar-refractivity contribution >= 4 is 17.3 Å². The number of rotatable bonds is 4. The van der Waals surface area contributed by atoms with E-state index in [1.54, 1.807) is 0 Å². The van der Waals surface area contributed by atoms with Crippen LogP contribution in [0.5, 0.6) is 0 Å². The molecule has 0 unspecified atom stereocenters. The third-order valence-electron chi connectivity index (χ3n) is 3.34. The molecular formula is C15H21N3O2. The predicted molar refractivity (Wildman–Crippen MR) is 79.4 cm³/mol. The van der Waals surface area contributed by atoms with Gasteiger partial charge in [0.05, 0.1) is 12.3 Å². The minimum Gasteiger partial charge on any atom is -0.411 e. The quantitative estimate of drug-likeness (QED) is 0.651. The van der Waals surface area contributed by atoms with Crippen molar-refractivity contribution in [2.24, 2.45) is 11.1 Å². The molecule has 108 valence electrons. The van der Waals surface area contributed by atoms with Gasteiger partial charge in [-0.15, -0.1) is 0 Å². The lowest BCUT2D eigenvalue weighted by molar-refractivity contribution is -0.119. The van der Waals surface area contributed by atoms with Crippen LogP contribution in [0.2, 0.25) is 0 Å². The summed E-state index contributed by atoms with van der Waals surface area (Å²) in [6.45, 7) is 5.85. The number of para-hydroxylation sites is 1. The Morgan fingerprint density at radius 3 is 2.90 bits per heavy atom. The molecule has 5 nitrogen and oxygen atoms in total. The Hall–Kier alpha value is -2.04. The average molecular weight is 275 g/mol. The highest BCUT2D eigenvalue weighted by molar-refractivity contribution is 6.07. The zero-order valence-electron chi connectivity index (χ0n) is 12.0. The molecule has 2 N–H and O–H groups in total. The number of nitrogens with zero attached hydrogens (tertiary/aromatic N) is 2. The SMILES string of the molecule is CC(C)CNC(=O)CN1CCC(=NO)c2ccccc21. The molecule has 1 aromatic rings. The van der Waals surface area contributed by atoms with Crippen LogP contribution in [0.25, 0.3) is 0 Å². The first-order chi connectivity index (χ1) is 9.61. The van der Waals surface area contributed by atoms with E-state index in [2.05, 4.69) is 24.3 Å². The summed E-state index contributed by atoms with van der Waals surface area (Å²) in [5.74, 6) is 0.471. The second-order valence-electron chi connectivity index (χ2n) is 5.43. The lowest BCUT2D eigenvalue weighted by Crippen LogP contribution is -2.41. The summed E-state index contributed by atoms with van der Waals surface area (Å²) in [7, 11) is 0. The van der Waals surface area contributed by atoms with E-state index in [1.807, 2.05) is 29.2 Å². The highest BCUT2D eigenvalue weighted by atomic mass is 16.4. The molecule has 1 amide bonds. The van der Waals surface area contributed by atoms with E-state index < -0.39 is 0 Å². The maximum absolute atomic E-state index is 11.9. The smallest absolute Gasteiger partial charge is 0.239 e. The monoisotopic (exact) mass is 275 g/mol. The van der Waals surface area contributed by atoms with Crippen LogP contribution in [0, 0.1) is 5.92 Å². The molecule has 1 aliphatic heterocycles. The van der Waals surface area contributed by atoms with Crippen molar-refractivity contribution in [1.29, 1.82) is 0 Å². The molecule has 0 spiro atoms. The number of carbonyl (C=O) groups excluding carboxylic acids is 1. The fourth-order valence-electron chi connectivity index (χ4n) is 2.30. The molecular weight excluding hydrogens is 254 g/mol. The molecule has 20 heavy (non-hydrogen) atoms. The van der Waals surface area contributed by atoms with Crippen LogP contribution in [0.1, 0.15) is 25.8 Å². The third-order valence-corrected chi connectivity index (χ3v) is 3.34. The largest absolute Gasteiger partial charge is 0.411 e. The number of fused-ring (bicyclic) bond motifs is 1. The van der Waals surface area contributed by atoms with Gasteiger partial charge in [0.15, 0.2) is 0 Å². The fraction of sp³-hybridized carbons (Fsp3) is 0.467. The molecule has 2 rings (SSSR count). The van der Waals surface area contributed by atoms with Crippen molar-refractivity contribution in [1.82, 2.24) is 5.32 Å². The van der Waals surface area contributed by atoms with Gasteiger partial charge in [-0.05, 0) is 12.0 Å². The van der Waals surface area contributed by atoms with E-state index in [-0.39, 0.29) is 5.91 Å². The van der Waals surface area contributed by atoms with Crippen LogP contribution >= 0.6 is 0 Å². The Morgan fingerprint density at radius 1 is 1.45 bits per heavy atom. The first-order valence-electron chi connectivity index (χ1n) is 6.93. The highest BCUT2D eigenvalue weighted by Gasteiger charge is 2.23. The van der Waals surface area contributed by atoms with E-state index in [9.17, 15) is 4.79 Å². The van der Waals surface area contributed by atoms with Crippen molar-refractivity contribution in [3.63, 3.8) is 0 Å². The lowest BCUT2D eigenvalue weighted by atomic mass is 9.99. The molecule has 0 aliphatic carbocycles. The molecule has 5 heteroatoms. The van der Waals surface area contributed by atoms with Gasteiger partial charge < -0.3 is 15.4 Å². The van der Waals surface area contributed by atoms with Crippen molar-refractivity contribution in [3.8, 4) is 0 Å². The number of benzene rings is 1. The van der Waals surface area contributed by atoms with Gasteiger partial charge in [-0.1, -0.05) is 37.2 Å². The van der Waals surface area contributed by atoms with Crippen molar-refractivity contribution in [2.45, 2.75) is 20.3 Å². The minimum absolute atomic E-state index is 0.0258. The van der Waals surface area contributed by atoms with Gasteiger partial charge in [0.25, 0.3) is 0 Å². The number of amides is 1. The van der Waals surface area contributed by atoms with E-state index in [0.29, 0.717) is 37.7 Å². The molecule has 0 atom stereocenters. The normalized spacial score (nSPS) is 16.4. The Morgan fingerprint density at radius 2 is 2.20 bits per heavy atom. The van der Waals surface area contributed by atoms with Gasteiger partial charge in [0.1, 0.15) is 0 Å². The number of carbonyl (C=O) groups is 1. The van der Waals surface area contributed by atoms with Crippen LogP contribution in [-0.2, 0) is 4.79 Å². The van der Waals surface area contributed by atoms with Gasteiger partial charge >= 0.3 is 0 Å². The summed E-state index contributed by atoms with van der Waals surface area (Å²) in [5.41, 5.74) is 2.53. The molecule has 0 fully saturated rings. The van der Waals surface area contributed by atoms with Crippen molar-refractivity contribution in [3.05, 3.63) is 29.8 Å². The van der Waals surface area contributed by atoms with Crippen LogP contribution in [0.15, 0.2) is 29.4 Å². The Labute approximate surface area is 119 Å². The summed E-state index contributed by atoms with van der Waals surface area (Å²) in [6, 6.07) is 7.71. The number of hydrogen-bond acceptors (Lipinski definition) is 4. The van der Waals surface area contributed by atoms with Crippen LogP contribution in [-0.4, -0.2) is 36.5 Å². The number of nitrogens with one attached hydrogen (secondary N) is 1. The van der Waals surface area contributed by atoms with Crippen LogP contribution in [0.3, 0.4) is 0 Å². The van der Waals surface area contributed by atoms with Crippen LogP contribution in [0.4, 0.5) is 5.69 Å². The summed E-state index contributed by atoms with van der Waals surface area (Å²) < 4.78 is 0. The zero-order valence-corrected chi connectivity index (χ0v) is 12.0. The van der Waals surface area contributed by atoms with Crippen LogP contribution < -0.4 is 10.2 Å². The Balaban J connectivity index is 2.09. The van der Waals surface area contributed by atoms with Gasteiger partial charge in [-0.3, -0.25) is 4.79 Å². The second kappa shape index (κ2) is 6.41. The van der Waals surface area contributed by atoms with Gasteiger partial charge in [-0.2, -0.15) is 0 Å². The van der Waals surface area contributed by atoms with Gasteiger partial charge in [0, 0.05) is 30.8 Å². The van der Waals surface area contributed by atoms with E-state index >= 15 is 0 Å². The summed E-state index contributed by atoms with van der Waals surface area (Å²) in [4.78, 5) is 14.0. The molecule has 1 aromatic carbocycles. The predicted octanol–water partition coefficient (Wildman–Crippen LogP) is 1.85. The number of anilines is 1. The van der Waals surface area contributed by atoms with E-state index in [1.165, 1.54) is 0 Å². The maximum atomic E-state index is 11.9. The first kappa shape index (κ1) is 14.4. The Kier molecular flexibility index (Phi) is 4.61. The van der Waals surface area contributed by atoms with E-state index in [0.717, 1.165) is 11.3 Å². The first-order valence-corrected chi connectivity index (χ1v) is 6.93. The van der Waals surface area contributed by atoms with Gasteiger partial charge in [-0.25, -0.2) is 0 Å². The highest BCUT2D eigenvalue weighted by Crippen LogP contribution is 2.26. The van der Waals surface area contributed by atoms with Crippen molar-refractivity contribution in [2.75, 3.05) is 24.5 Å². The summed E-state index contributed by atoms with van der Waals surface area (Å²) in [6.07, 6.45) is 0.644. The molecule has 1 heterocycles. The maximum Gasteiger partial charge on any atom is 0.239 e. The zero-order chi connectivity index (χ0) is 14.5. The number of oxime groups is 1. The summed E-state index contributed by atoms with van der Waals surface area (Å²) in [5, 5.41) is 15.3. The van der Waals surface area contributed by atoms with Crippen molar-refractivity contribution < 1.29 is 10.0 Å². The topological polar surface area (TPSA) is 64.9 Å².